The molecule has 1 aromatic rings. The van der Waals surface area contributed by atoms with E-state index in [2.05, 4.69) is 5.32 Å². The number of primary amides is 1. The normalized spacial score (nSPS) is 12.1. The molecule has 0 aliphatic carbocycles. The van der Waals surface area contributed by atoms with Crippen molar-refractivity contribution >= 4 is 17.9 Å². The lowest BCUT2D eigenvalue weighted by molar-refractivity contribution is -0.126. The summed E-state index contributed by atoms with van der Waals surface area (Å²) in [5.41, 5.74) is 5.63. The van der Waals surface area contributed by atoms with Crippen LogP contribution < -0.4 is 15.8 Å². The molecule has 20 heavy (non-hydrogen) atoms. The number of carbonyl (C=O) groups is 2. The summed E-state index contributed by atoms with van der Waals surface area (Å²) in [5, 5.41) is 11.5. The van der Waals surface area contributed by atoms with Crippen molar-refractivity contribution in [2.45, 2.75) is 13.0 Å². The van der Waals surface area contributed by atoms with Crippen LogP contribution in [0.4, 0.5) is 0 Å². The number of ether oxygens (including phenoxy) is 1. The summed E-state index contributed by atoms with van der Waals surface area (Å²) in [6, 6.07) is 7.29. The number of para-hydroxylation sites is 1. The number of rotatable bonds is 7. The van der Waals surface area contributed by atoms with Gasteiger partial charge in [-0.25, -0.2) is 0 Å². The second kappa shape index (κ2) is 7.96. The number of aliphatic hydroxyl groups excluding tert-OH is 1. The van der Waals surface area contributed by atoms with E-state index in [1.807, 2.05) is 25.1 Å². The van der Waals surface area contributed by atoms with E-state index in [9.17, 15) is 9.59 Å². The van der Waals surface area contributed by atoms with Crippen LogP contribution in [0.25, 0.3) is 6.08 Å². The lowest BCUT2D eigenvalue weighted by Crippen LogP contribution is -2.39. The molecule has 0 saturated carbocycles. The van der Waals surface area contributed by atoms with Gasteiger partial charge in [0.1, 0.15) is 11.9 Å². The molecule has 0 aliphatic heterocycles. The monoisotopic (exact) mass is 278 g/mol. The minimum atomic E-state index is -1.39. The highest BCUT2D eigenvalue weighted by Crippen LogP contribution is 2.19. The molecule has 6 nitrogen and oxygen atoms in total. The van der Waals surface area contributed by atoms with Crippen LogP contribution in [-0.2, 0) is 9.59 Å². The molecular formula is C14H18N2O4. The Morgan fingerprint density at radius 2 is 2.15 bits per heavy atom. The highest BCUT2D eigenvalue weighted by Gasteiger charge is 2.10. The molecule has 0 fully saturated rings. The molecule has 0 saturated heterocycles. The van der Waals surface area contributed by atoms with Crippen LogP contribution in [0.2, 0.25) is 0 Å². The van der Waals surface area contributed by atoms with Gasteiger partial charge in [-0.3, -0.25) is 9.59 Å². The molecule has 1 atom stereocenters. The number of hydrogen-bond acceptors (Lipinski definition) is 4. The van der Waals surface area contributed by atoms with Gasteiger partial charge < -0.3 is 20.9 Å². The molecule has 1 unspecified atom stereocenters. The number of carbonyl (C=O) groups excluding carboxylic acids is 2. The van der Waals surface area contributed by atoms with Crippen LogP contribution in [-0.4, -0.2) is 36.2 Å². The van der Waals surface area contributed by atoms with Crippen molar-refractivity contribution in [2.24, 2.45) is 5.73 Å². The molecule has 1 rings (SSSR count). The zero-order chi connectivity index (χ0) is 15.0. The fourth-order valence-corrected chi connectivity index (χ4v) is 1.43. The predicted octanol–water partition coefficient (Wildman–Crippen LogP) is 0.0609. The van der Waals surface area contributed by atoms with Crippen molar-refractivity contribution in [3.8, 4) is 5.75 Å². The largest absolute Gasteiger partial charge is 0.493 e. The van der Waals surface area contributed by atoms with Crippen molar-refractivity contribution < 1.29 is 19.4 Å². The van der Waals surface area contributed by atoms with Gasteiger partial charge in [-0.2, -0.15) is 0 Å². The topological polar surface area (TPSA) is 102 Å². The fraction of sp³-hybridized carbons (Fsp3) is 0.286. The van der Waals surface area contributed by atoms with E-state index >= 15 is 0 Å². The molecule has 1 aromatic carbocycles. The third kappa shape index (κ3) is 5.11. The van der Waals surface area contributed by atoms with Gasteiger partial charge in [0.15, 0.2) is 0 Å². The lowest BCUT2D eigenvalue weighted by Gasteiger charge is -2.07. The summed E-state index contributed by atoms with van der Waals surface area (Å²) in [5.74, 6) is -0.635. The van der Waals surface area contributed by atoms with Crippen molar-refractivity contribution in [3.63, 3.8) is 0 Å². The number of hydrogen-bond donors (Lipinski definition) is 3. The van der Waals surface area contributed by atoms with Crippen LogP contribution >= 0.6 is 0 Å². The van der Waals surface area contributed by atoms with Crippen molar-refractivity contribution in [2.75, 3.05) is 13.2 Å². The number of nitrogens with two attached hydrogens (primary N) is 1. The molecule has 0 bridgehead atoms. The van der Waals surface area contributed by atoms with E-state index in [-0.39, 0.29) is 6.54 Å². The van der Waals surface area contributed by atoms with E-state index in [0.717, 1.165) is 5.56 Å². The van der Waals surface area contributed by atoms with Crippen molar-refractivity contribution in [3.05, 3.63) is 35.9 Å². The SMILES string of the molecule is CCOc1ccccc1/C=C/C(=O)NCC(O)C(N)=O. The second-order valence-corrected chi connectivity index (χ2v) is 3.97. The first-order chi connectivity index (χ1) is 9.54. The van der Waals surface area contributed by atoms with Gasteiger partial charge in [0.25, 0.3) is 0 Å². The molecule has 0 radical (unpaired) electrons. The van der Waals surface area contributed by atoms with E-state index in [1.54, 1.807) is 12.1 Å². The lowest BCUT2D eigenvalue weighted by atomic mass is 10.2. The van der Waals surface area contributed by atoms with E-state index in [0.29, 0.717) is 12.4 Å². The Morgan fingerprint density at radius 3 is 2.80 bits per heavy atom. The van der Waals surface area contributed by atoms with Gasteiger partial charge in [0.2, 0.25) is 11.8 Å². The minimum Gasteiger partial charge on any atom is -0.493 e. The molecule has 6 heteroatoms. The first-order valence-corrected chi connectivity index (χ1v) is 6.19. The molecule has 2 amide bonds. The molecule has 0 spiro atoms. The van der Waals surface area contributed by atoms with Crippen molar-refractivity contribution in [1.29, 1.82) is 0 Å². The van der Waals surface area contributed by atoms with Crippen LogP contribution in [0, 0.1) is 0 Å². The number of nitrogens with one attached hydrogen (secondary N) is 1. The maximum Gasteiger partial charge on any atom is 0.248 e. The van der Waals surface area contributed by atoms with E-state index < -0.39 is 17.9 Å². The highest BCUT2D eigenvalue weighted by atomic mass is 16.5. The average molecular weight is 278 g/mol. The first kappa shape index (κ1) is 15.7. The Labute approximate surface area is 117 Å². The highest BCUT2D eigenvalue weighted by molar-refractivity contribution is 5.92. The molecule has 0 aliphatic rings. The summed E-state index contributed by atoms with van der Waals surface area (Å²) < 4.78 is 5.41. The molecule has 0 aromatic heterocycles. The predicted molar refractivity (Wildman–Crippen MR) is 74.9 cm³/mol. The Hall–Kier alpha value is -2.34. The van der Waals surface area contributed by atoms with Gasteiger partial charge in [0, 0.05) is 11.6 Å². The number of aliphatic hydroxyl groups is 1. The van der Waals surface area contributed by atoms with Crippen LogP contribution in [0.1, 0.15) is 12.5 Å². The van der Waals surface area contributed by atoms with Gasteiger partial charge in [-0.05, 0) is 19.1 Å². The zero-order valence-corrected chi connectivity index (χ0v) is 11.2. The number of amides is 2. The summed E-state index contributed by atoms with van der Waals surface area (Å²) in [7, 11) is 0. The zero-order valence-electron chi connectivity index (χ0n) is 11.2. The number of benzene rings is 1. The average Bonchev–Trinajstić information content (AvgIpc) is 2.44. The van der Waals surface area contributed by atoms with Crippen molar-refractivity contribution in [1.82, 2.24) is 5.32 Å². The summed E-state index contributed by atoms with van der Waals surface area (Å²) in [4.78, 5) is 22.1. The third-order valence-electron chi connectivity index (χ3n) is 2.43. The Kier molecular flexibility index (Phi) is 6.25. The van der Waals surface area contributed by atoms with Gasteiger partial charge >= 0.3 is 0 Å². The van der Waals surface area contributed by atoms with Gasteiger partial charge in [-0.15, -0.1) is 0 Å². The van der Waals surface area contributed by atoms with E-state index in [4.69, 9.17) is 15.6 Å². The molecule has 108 valence electrons. The smallest absolute Gasteiger partial charge is 0.248 e. The Bertz CT molecular complexity index is 500. The molecule has 4 N–H and O–H groups in total. The standard InChI is InChI=1S/C14H18N2O4/c1-2-20-12-6-4-3-5-10(12)7-8-13(18)16-9-11(17)14(15)19/h3-8,11,17H,2,9H2,1H3,(H2,15,19)(H,16,18)/b8-7+. The summed E-state index contributed by atoms with van der Waals surface area (Å²) in [6.07, 6.45) is 1.51. The summed E-state index contributed by atoms with van der Waals surface area (Å²) >= 11 is 0. The van der Waals surface area contributed by atoms with Gasteiger partial charge in [-0.1, -0.05) is 18.2 Å². The first-order valence-electron chi connectivity index (χ1n) is 6.19. The molecular weight excluding hydrogens is 260 g/mol. The Balaban J connectivity index is 2.59. The summed E-state index contributed by atoms with van der Waals surface area (Å²) in [6.45, 7) is 2.19. The minimum absolute atomic E-state index is 0.217. The Morgan fingerprint density at radius 1 is 1.45 bits per heavy atom. The van der Waals surface area contributed by atoms with Crippen LogP contribution in [0.3, 0.4) is 0 Å². The fourth-order valence-electron chi connectivity index (χ4n) is 1.43. The van der Waals surface area contributed by atoms with Gasteiger partial charge in [0.05, 0.1) is 13.2 Å². The maximum absolute atomic E-state index is 11.5. The third-order valence-corrected chi connectivity index (χ3v) is 2.43. The molecule has 0 heterocycles. The second-order valence-electron chi connectivity index (χ2n) is 3.97. The van der Waals surface area contributed by atoms with Crippen LogP contribution in [0.15, 0.2) is 30.3 Å². The van der Waals surface area contributed by atoms with E-state index in [1.165, 1.54) is 6.08 Å². The maximum atomic E-state index is 11.5. The van der Waals surface area contributed by atoms with Crippen LogP contribution in [0.5, 0.6) is 5.75 Å². The quantitative estimate of drug-likeness (QED) is 0.614.